The molecule has 2 aliphatic rings. The van der Waals surface area contributed by atoms with Crippen LogP contribution in [0.1, 0.15) is 38.5 Å². The monoisotopic (exact) mass is 240 g/mol. The molecule has 0 bridgehead atoms. The molecule has 1 N–H and O–H groups in total. The van der Waals surface area contributed by atoms with Gasteiger partial charge in [0.25, 0.3) is 0 Å². The Balaban J connectivity index is 1.73. The minimum Gasteiger partial charge on any atom is -0.384 e. The van der Waals surface area contributed by atoms with Crippen LogP contribution in [-0.4, -0.2) is 50.8 Å². The van der Waals surface area contributed by atoms with Crippen LogP contribution >= 0.6 is 0 Å². The number of likely N-dealkylation sites (tertiary alicyclic amines) is 1. The van der Waals surface area contributed by atoms with Crippen molar-refractivity contribution in [2.75, 3.05) is 39.9 Å². The van der Waals surface area contributed by atoms with Crippen LogP contribution in [0, 0.1) is 5.92 Å². The highest BCUT2D eigenvalue weighted by Crippen LogP contribution is 2.18. The van der Waals surface area contributed by atoms with Crippen molar-refractivity contribution in [2.24, 2.45) is 5.92 Å². The van der Waals surface area contributed by atoms with Crippen molar-refractivity contribution in [3.8, 4) is 0 Å². The molecule has 0 aromatic carbocycles. The molecule has 100 valence electrons. The van der Waals surface area contributed by atoms with Crippen molar-refractivity contribution in [3.63, 3.8) is 0 Å². The number of piperidine rings is 1. The first-order chi connectivity index (χ1) is 8.38. The Bertz CT molecular complexity index is 200. The number of hydrogen-bond donors (Lipinski definition) is 1. The molecule has 0 amide bonds. The zero-order valence-electron chi connectivity index (χ0n) is 11.3. The molecule has 2 rings (SSSR count). The lowest BCUT2D eigenvalue weighted by Crippen LogP contribution is -2.45. The fourth-order valence-electron chi connectivity index (χ4n) is 3.26. The maximum Gasteiger partial charge on any atom is 0.0502 e. The van der Waals surface area contributed by atoms with Gasteiger partial charge >= 0.3 is 0 Å². The fraction of sp³-hybridized carbons (Fsp3) is 1.00. The van der Waals surface area contributed by atoms with E-state index in [1.807, 2.05) is 7.11 Å². The smallest absolute Gasteiger partial charge is 0.0502 e. The second-order valence-corrected chi connectivity index (χ2v) is 5.72. The van der Waals surface area contributed by atoms with Crippen LogP contribution in [0.25, 0.3) is 0 Å². The van der Waals surface area contributed by atoms with Crippen LogP contribution in [0.5, 0.6) is 0 Å². The summed E-state index contributed by atoms with van der Waals surface area (Å²) < 4.78 is 5.30. The summed E-state index contributed by atoms with van der Waals surface area (Å²) in [6.45, 7) is 5.94. The second kappa shape index (κ2) is 7.34. The molecule has 0 aliphatic carbocycles. The molecular weight excluding hydrogens is 212 g/mol. The molecule has 2 fully saturated rings. The number of nitrogens with zero attached hydrogens (tertiary/aromatic N) is 1. The van der Waals surface area contributed by atoms with Crippen LogP contribution < -0.4 is 5.32 Å². The Hall–Kier alpha value is -0.120. The summed E-state index contributed by atoms with van der Waals surface area (Å²) in [5.74, 6) is 0.763. The molecule has 2 heterocycles. The molecule has 0 saturated carbocycles. The first-order valence-electron chi connectivity index (χ1n) is 7.33. The van der Waals surface area contributed by atoms with E-state index in [0.717, 1.165) is 18.6 Å². The van der Waals surface area contributed by atoms with Gasteiger partial charge in [-0.25, -0.2) is 0 Å². The van der Waals surface area contributed by atoms with E-state index in [9.17, 15) is 0 Å². The molecule has 0 radical (unpaired) electrons. The highest BCUT2D eigenvalue weighted by Gasteiger charge is 2.22. The van der Waals surface area contributed by atoms with Crippen LogP contribution in [0.3, 0.4) is 0 Å². The van der Waals surface area contributed by atoms with E-state index in [0.29, 0.717) is 0 Å². The van der Waals surface area contributed by atoms with Crippen LogP contribution in [0.15, 0.2) is 0 Å². The lowest BCUT2D eigenvalue weighted by Gasteiger charge is -2.34. The Morgan fingerprint density at radius 3 is 3.00 bits per heavy atom. The number of methoxy groups -OCH3 is 1. The third-order valence-corrected chi connectivity index (χ3v) is 4.15. The first kappa shape index (κ1) is 13.3. The van der Waals surface area contributed by atoms with E-state index in [1.165, 1.54) is 64.7 Å². The normalized spacial score (nSPS) is 32.3. The van der Waals surface area contributed by atoms with Gasteiger partial charge in [0.2, 0.25) is 0 Å². The van der Waals surface area contributed by atoms with Crippen molar-refractivity contribution in [1.29, 1.82) is 0 Å². The molecule has 17 heavy (non-hydrogen) atoms. The van der Waals surface area contributed by atoms with Crippen LogP contribution in [0.4, 0.5) is 0 Å². The summed E-state index contributed by atoms with van der Waals surface area (Å²) in [4.78, 5) is 2.65. The second-order valence-electron chi connectivity index (χ2n) is 5.72. The summed E-state index contributed by atoms with van der Waals surface area (Å²) in [5, 5.41) is 3.70. The SMILES string of the molecule is COCC1CCCN(CC2CCCCCN2)C1. The highest BCUT2D eigenvalue weighted by atomic mass is 16.5. The van der Waals surface area contributed by atoms with Gasteiger partial charge in [0.1, 0.15) is 0 Å². The van der Waals surface area contributed by atoms with Gasteiger partial charge in [0.05, 0.1) is 6.61 Å². The summed E-state index contributed by atoms with van der Waals surface area (Å²) in [5.41, 5.74) is 0. The van der Waals surface area contributed by atoms with Crippen molar-refractivity contribution in [3.05, 3.63) is 0 Å². The average Bonchev–Trinajstić information content (AvgIpc) is 2.59. The van der Waals surface area contributed by atoms with Crippen molar-refractivity contribution in [1.82, 2.24) is 10.2 Å². The molecule has 3 nitrogen and oxygen atoms in total. The van der Waals surface area contributed by atoms with E-state index < -0.39 is 0 Å². The molecule has 2 atom stereocenters. The third kappa shape index (κ3) is 4.57. The van der Waals surface area contributed by atoms with Crippen molar-refractivity contribution < 1.29 is 4.74 Å². The van der Waals surface area contributed by atoms with E-state index in [1.54, 1.807) is 0 Å². The standard InChI is InChI=1S/C14H28N2O/c1-17-12-13-6-5-9-16(10-13)11-14-7-3-2-4-8-15-14/h13-15H,2-12H2,1H3. The van der Waals surface area contributed by atoms with Gasteiger partial charge in [-0.2, -0.15) is 0 Å². The average molecular weight is 240 g/mol. The minimum atomic E-state index is 0.735. The maximum absolute atomic E-state index is 5.30. The van der Waals surface area contributed by atoms with Crippen LogP contribution in [-0.2, 0) is 4.74 Å². The molecule has 2 saturated heterocycles. The van der Waals surface area contributed by atoms with Gasteiger partial charge in [-0.05, 0) is 44.7 Å². The highest BCUT2D eigenvalue weighted by molar-refractivity contribution is 4.79. The predicted octanol–water partition coefficient (Wildman–Crippen LogP) is 1.88. The number of rotatable bonds is 4. The Morgan fingerprint density at radius 2 is 2.12 bits per heavy atom. The van der Waals surface area contributed by atoms with Crippen molar-refractivity contribution in [2.45, 2.75) is 44.6 Å². The Morgan fingerprint density at radius 1 is 1.18 bits per heavy atom. The molecule has 3 heteroatoms. The van der Waals surface area contributed by atoms with Gasteiger partial charge in [0.15, 0.2) is 0 Å². The molecule has 2 unspecified atom stereocenters. The maximum atomic E-state index is 5.30. The van der Waals surface area contributed by atoms with E-state index in [-0.39, 0.29) is 0 Å². The number of ether oxygens (including phenoxy) is 1. The Kier molecular flexibility index (Phi) is 5.75. The quantitative estimate of drug-likeness (QED) is 0.812. The third-order valence-electron chi connectivity index (χ3n) is 4.15. The molecular formula is C14H28N2O. The molecule has 0 spiro atoms. The number of nitrogens with one attached hydrogen (secondary N) is 1. The zero-order valence-corrected chi connectivity index (χ0v) is 11.3. The van der Waals surface area contributed by atoms with E-state index >= 15 is 0 Å². The molecule has 2 aliphatic heterocycles. The summed E-state index contributed by atoms with van der Waals surface area (Å²) in [6.07, 6.45) is 8.25. The summed E-state index contributed by atoms with van der Waals surface area (Å²) in [6, 6.07) is 0.735. The lowest BCUT2D eigenvalue weighted by atomic mass is 9.98. The topological polar surface area (TPSA) is 24.5 Å². The van der Waals surface area contributed by atoms with Gasteiger partial charge in [0, 0.05) is 26.2 Å². The van der Waals surface area contributed by atoms with Crippen molar-refractivity contribution >= 4 is 0 Å². The zero-order chi connectivity index (χ0) is 11.9. The van der Waals surface area contributed by atoms with E-state index in [4.69, 9.17) is 4.74 Å². The summed E-state index contributed by atoms with van der Waals surface area (Å²) >= 11 is 0. The van der Waals surface area contributed by atoms with Gasteiger partial charge < -0.3 is 15.0 Å². The fourth-order valence-corrected chi connectivity index (χ4v) is 3.26. The first-order valence-corrected chi connectivity index (χ1v) is 7.33. The minimum absolute atomic E-state index is 0.735. The van der Waals surface area contributed by atoms with Crippen LogP contribution in [0.2, 0.25) is 0 Å². The van der Waals surface area contributed by atoms with Gasteiger partial charge in [-0.15, -0.1) is 0 Å². The summed E-state index contributed by atoms with van der Waals surface area (Å²) in [7, 11) is 1.83. The lowest BCUT2D eigenvalue weighted by molar-refractivity contribution is 0.0854. The largest absolute Gasteiger partial charge is 0.384 e. The molecule has 0 aromatic rings. The number of hydrogen-bond acceptors (Lipinski definition) is 3. The molecule has 0 aromatic heterocycles. The van der Waals surface area contributed by atoms with E-state index in [2.05, 4.69) is 10.2 Å². The van der Waals surface area contributed by atoms with Gasteiger partial charge in [-0.1, -0.05) is 12.8 Å². The Labute approximate surface area is 106 Å². The predicted molar refractivity (Wildman–Crippen MR) is 71.3 cm³/mol. The van der Waals surface area contributed by atoms with Gasteiger partial charge in [-0.3, -0.25) is 0 Å².